The highest BCUT2D eigenvalue weighted by atomic mass is 79.9. The van der Waals surface area contributed by atoms with Gasteiger partial charge in [0.1, 0.15) is 0 Å². The van der Waals surface area contributed by atoms with Crippen LogP contribution in [0.1, 0.15) is 18.9 Å². The standard InChI is InChI=1S/C12H16BrNO2/c1-3-9(12(15)16)7-14-10-4-5-11(13)8(2)6-10/h4-6,9,14H,3,7H2,1-2H3,(H,15,16). The van der Waals surface area contributed by atoms with E-state index in [0.717, 1.165) is 15.7 Å². The van der Waals surface area contributed by atoms with Crippen molar-refractivity contribution in [1.82, 2.24) is 0 Å². The Hall–Kier alpha value is -1.03. The van der Waals surface area contributed by atoms with Gasteiger partial charge in [0.2, 0.25) is 0 Å². The summed E-state index contributed by atoms with van der Waals surface area (Å²) in [4.78, 5) is 10.8. The molecule has 1 unspecified atom stereocenters. The number of hydrogen-bond donors (Lipinski definition) is 2. The van der Waals surface area contributed by atoms with Crippen LogP contribution in [-0.4, -0.2) is 17.6 Å². The molecule has 0 amide bonds. The lowest BCUT2D eigenvalue weighted by Crippen LogP contribution is -2.22. The Balaban J connectivity index is 2.60. The average Bonchev–Trinajstić information content (AvgIpc) is 2.23. The van der Waals surface area contributed by atoms with Gasteiger partial charge in [-0.25, -0.2) is 0 Å². The third kappa shape index (κ3) is 3.52. The van der Waals surface area contributed by atoms with Crippen LogP contribution in [0.15, 0.2) is 22.7 Å². The molecule has 1 rings (SSSR count). The summed E-state index contributed by atoms with van der Waals surface area (Å²) in [6.45, 7) is 4.35. The van der Waals surface area contributed by atoms with Gasteiger partial charge in [-0.2, -0.15) is 0 Å². The first kappa shape index (κ1) is 13.0. The van der Waals surface area contributed by atoms with Crippen molar-refractivity contribution in [3.8, 4) is 0 Å². The molecule has 16 heavy (non-hydrogen) atoms. The Morgan fingerprint density at radius 2 is 2.25 bits per heavy atom. The molecular formula is C12H16BrNO2. The van der Waals surface area contributed by atoms with Crippen molar-refractivity contribution in [2.24, 2.45) is 5.92 Å². The molecule has 0 heterocycles. The normalized spacial score (nSPS) is 12.2. The van der Waals surface area contributed by atoms with Crippen LogP contribution in [0.3, 0.4) is 0 Å². The molecule has 0 aliphatic carbocycles. The predicted octanol–water partition coefficient (Wildman–Crippen LogP) is 3.28. The fourth-order valence-electron chi connectivity index (χ4n) is 1.40. The first-order valence-electron chi connectivity index (χ1n) is 5.27. The van der Waals surface area contributed by atoms with Crippen molar-refractivity contribution < 1.29 is 9.90 Å². The molecule has 0 aliphatic heterocycles. The summed E-state index contributed by atoms with van der Waals surface area (Å²) >= 11 is 3.42. The Bertz CT molecular complexity index is 379. The number of rotatable bonds is 5. The minimum absolute atomic E-state index is 0.330. The second-order valence-electron chi connectivity index (χ2n) is 3.79. The Labute approximate surface area is 104 Å². The second-order valence-corrected chi connectivity index (χ2v) is 4.64. The van der Waals surface area contributed by atoms with Crippen molar-refractivity contribution in [1.29, 1.82) is 0 Å². The SMILES string of the molecule is CCC(CNc1ccc(Br)c(C)c1)C(=O)O. The Morgan fingerprint density at radius 1 is 1.56 bits per heavy atom. The topological polar surface area (TPSA) is 49.3 Å². The zero-order valence-corrected chi connectivity index (χ0v) is 11.0. The summed E-state index contributed by atoms with van der Waals surface area (Å²) in [6.07, 6.45) is 0.637. The van der Waals surface area contributed by atoms with Gasteiger partial charge < -0.3 is 10.4 Å². The summed E-state index contributed by atoms with van der Waals surface area (Å²) in [5, 5.41) is 12.0. The van der Waals surface area contributed by atoms with Gasteiger partial charge in [-0.3, -0.25) is 4.79 Å². The minimum Gasteiger partial charge on any atom is -0.481 e. The van der Waals surface area contributed by atoms with E-state index in [1.165, 1.54) is 0 Å². The van der Waals surface area contributed by atoms with Crippen molar-refractivity contribution in [2.75, 3.05) is 11.9 Å². The highest BCUT2D eigenvalue weighted by Gasteiger charge is 2.14. The van der Waals surface area contributed by atoms with Gasteiger partial charge in [-0.05, 0) is 37.1 Å². The zero-order valence-electron chi connectivity index (χ0n) is 9.46. The quantitative estimate of drug-likeness (QED) is 0.873. The second kappa shape index (κ2) is 5.89. The maximum atomic E-state index is 10.8. The Kier molecular flexibility index (Phi) is 4.80. The zero-order chi connectivity index (χ0) is 12.1. The Morgan fingerprint density at radius 3 is 2.75 bits per heavy atom. The number of carbonyl (C=O) groups is 1. The maximum absolute atomic E-state index is 10.8. The van der Waals surface area contributed by atoms with E-state index in [2.05, 4.69) is 21.2 Å². The molecule has 0 spiro atoms. The van der Waals surface area contributed by atoms with E-state index in [1.807, 2.05) is 32.0 Å². The predicted molar refractivity (Wildman–Crippen MR) is 68.8 cm³/mol. The van der Waals surface area contributed by atoms with Gasteiger partial charge in [0, 0.05) is 16.7 Å². The summed E-state index contributed by atoms with van der Waals surface area (Å²) < 4.78 is 1.06. The first-order valence-corrected chi connectivity index (χ1v) is 6.06. The van der Waals surface area contributed by atoms with Crippen molar-refractivity contribution in [3.63, 3.8) is 0 Å². The number of nitrogens with one attached hydrogen (secondary N) is 1. The molecule has 88 valence electrons. The molecule has 0 saturated heterocycles. The molecule has 0 saturated carbocycles. The summed E-state index contributed by atoms with van der Waals surface area (Å²) in [6, 6.07) is 5.89. The molecule has 0 fully saturated rings. The van der Waals surface area contributed by atoms with E-state index >= 15 is 0 Å². The van der Waals surface area contributed by atoms with E-state index in [1.54, 1.807) is 0 Å². The molecule has 0 radical (unpaired) electrons. The van der Waals surface area contributed by atoms with E-state index < -0.39 is 5.97 Å². The molecule has 1 atom stereocenters. The number of hydrogen-bond acceptors (Lipinski definition) is 2. The number of carboxylic acid groups (broad SMARTS) is 1. The van der Waals surface area contributed by atoms with Crippen molar-refractivity contribution in [3.05, 3.63) is 28.2 Å². The van der Waals surface area contributed by atoms with Gasteiger partial charge in [-0.15, -0.1) is 0 Å². The van der Waals surface area contributed by atoms with Crippen LogP contribution in [0.5, 0.6) is 0 Å². The number of benzene rings is 1. The van der Waals surface area contributed by atoms with E-state index in [4.69, 9.17) is 5.11 Å². The largest absolute Gasteiger partial charge is 0.481 e. The number of aliphatic carboxylic acids is 1. The molecule has 1 aromatic carbocycles. The average molecular weight is 286 g/mol. The molecule has 0 aromatic heterocycles. The highest BCUT2D eigenvalue weighted by molar-refractivity contribution is 9.10. The lowest BCUT2D eigenvalue weighted by Gasteiger charge is -2.12. The molecule has 4 heteroatoms. The fourth-order valence-corrected chi connectivity index (χ4v) is 1.65. The van der Waals surface area contributed by atoms with E-state index in [9.17, 15) is 4.79 Å². The molecule has 1 aromatic rings. The minimum atomic E-state index is -0.746. The maximum Gasteiger partial charge on any atom is 0.308 e. The van der Waals surface area contributed by atoms with Crippen molar-refractivity contribution in [2.45, 2.75) is 20.3 Å². The fraction of sp³-hybridized carbons (Fsp3) is 0.417. The van der Waals surface area contributed by atoms with Crippen LogP contribution in [0.25, 0.3) is 0 Å². The molecule has 0 bridgehead atoms. The van der Waals surface area contributed by atoms with Gasteiger partial charge >= 0.3 is 5.97 Å². The van der Waals surface area contributed by atoms with Crippen molar-refractivity contribution >= 4 is 27.6 Å². The molecule has 3 nitrogen and oxygen atoms in total. The van der Waals surface area contributed by atoms with Crippen LogP contribution in [-0.2, 0) is 4.79 Å². The van der Waals surface area contributed by atoms with Gasteiger partial charge in [0.15, 0.2) is 0 Å². The molecule has 0 aliphatic rings. The van der Waals surface area contributed by atoms with Gasteiger partial charge in [0.05, 0.1) is 5.92 Å². The smallest absolute Gasteiger partial charge is 0.308 e. The summed E-state index contributed by atoms with van der Waals surface area (Å²) in [7, 11) is 0. The van der Waals surface area contributed by atoms with E-state index in [0.29, 0.717) is 13.0 Å². The lowest BCUT2D eigenvalue weighted by atomic mass is 10.1. The molecular weight excluding hydrogens is 270 g/mol. The number of halogens is 1. The van der Waals surface area contributed by atoms with Gasteiger partial charge in [-0.1, -0.05) is 22.9 Å². The number of aryl methyl sites for hydroxylation is 1. The van der Waals surface area contributed by atoms with Crippen LogP contribution in [0, 0.1) is 12.8 Å². The van der Waals surface area contributed by atoms with Gasteiger partial charge in [0.25, 0.3) is 0 Å². The number of anilines is 1. The van der Waals surface area contributed by atoms with E-state index in [-0.39, 0.29) is 5.92 Å². The molecule has 2 N–H and O–H groups in total. The van der Waals surface area contributed by atoms with Crippen LogP contribution >= 0.6 is 15.9 Å². The monoisotopic (exact) mass is 285 g/mol. The third-order valence-corrected chi connectivity index (χ3v) is 3.44. The first-order chi connectivity index (χ1) is 7.54. The van der Waals surface area contributed by atoms with Crippen LogP contribution < -0.4 is 5.32 Å². The lowest BCUT2D eigenvalue weighted by molar-refractivity contribution is -0.141. The highest BCUT2D eigenvalue weighted by Crippen LogP contribution is 2.20. The third-order valence-electron chi connectivity index (χ3n) is 2.55. The van der Waals surface area contributed by atoms with Crippen LogP contribution in [0.2, 0.25) is 0 Å². The number of carboxylic acids is 1. The summed E-state index contributed by atoms with van der Waals surface area (Å²) in [5.74, 6) is -1.08. The van der Waals surface area contributed by atoms with Crippen LogP contribution in [0.4, 0.5) is 5.69 Å². The summed E-state index contributed by atoms with van der Waals surface area (Å²) in [5.41, 5.74) is 2.09.